The highest BCUT2D eigenvalue weighted by molar-refractivity contribution is 5.93. The van der Waals surface area contributed by atoms with E-state index in [9.17, 15) is 4.79 Å². The van der Waals surface area contributed by atoms with Crippen LogP contribution < -0.4 is 10.1 Å². The number of benzene rings is 1. The molecule has 29 heavy (non-hydrogen) atoms. The summed E-state index contributed by atoms with van der Waals surface area (Å²) >= 11 is 0. The van der Waals surface area contributed by atoms with Crippen LogP contribution in [0.5, 0.6) is 5.75 Å². The molecule has 0 saturated carbocycles. The quantitative estimate of drug-likeness (QED) is 0.719. The Morgan fingerprint density at radius 1 is 1.28 bits per heavy atom. The first kappa shape index (κ1) is 19.1. The van der Waals surface area contributed by atoms with Crippen LogP contribution in [0.15, 0.2) is 53.2 Å². The fraction of sp³-hybridized carbons (Fsp3) is 0.318. The minimum Gasteiger partial charge on any atom is -0.490 e. The molecule has 4 rings (SSSR count). The molecule has 0 bridgehead atoms. The van der Waals surface area contributed by atoms with E-state index in [4.69, 9.17) is 9.15 Å². The summed E-state index contributed by atoms with van der Waals surface area (Å²) in [5.41, 5.74) is 2.61. The molecule has 7 nitrogen and oxygen atoms in total. The second kappa shape index (κ2) is 8.45. The van der Waals surface area contributed by atoms with Crippen molar-refractivity contribution < 1.29 is 13.9 Å². The largest absolute Gasteiger partial charge is 0.490 e. The number of hydrogen-bond acceptors (Lipinski definition) is 6. The first-order chi connectivity index (χ1) is 14.1. The Balaban J connectivity index is 1.51. The minimum atomic E-state index is -0.158. The number of nitrogens with zero attached hydrogens (tertiary/aromatic N) is 3. The highest BCUT2D eigenvalue weighted by Crippen LogP contribution is 2.24. The Labute approximate surface area is 169 Å². The van der Waals surface area contributed by atoms with Gasteiger partial charge in [0.15, 0.2) is 0 Å². The van der Waals surface area contributed by atoms with Gasteiger partial charge >= 0.3 is 0 Å². The average Bonchev–Trinajstić information content (AvgIpc) is 3.15. The molecule has 1 aromatic carbocycles. The van der Waals surface area contributed by atoms with E-state index in [0.717, 1.165) is 17.7 Å². The van der Waals surface area contributed by atoms with E-state index in [-0.39, 0.29) is 17.7 Å². The van der Waals surface area contributed by atoms with E-state index in [2.05, 4.69) is 15.3 Å². The zero-order valence-electron chi connectivity index (χ0n) is 16.6. The van der Waals surface area contributed by atoms with Crippen molar-refractivity contribution in [1.82, 2.24) is 20.2 Å². The lowest BCUT2D eigenvalue weighted by Gasteiger charge is -2.35. The molecule has 3 aromatic rings. The van der Waals surface area contributed by atoms with Crippen LogP contribution in [0.1, 0.15) is 21.8 Å². The molecule has 1 fully saturated rings. The summed E-state index contributed by atoms with van der Waals surface area (Å²) in [5.74, 6) is 1.27. The molecule has 7 heteroatoms. The summed E-state index contributed by atoms with van der Waals surface area (Å²) in [6.45, 7) is 6.18. The second-order valence-electron chi connectivity index (χ2n) is 7.16. The highest BCUT2D eigenvalue weighted by Gasteiger charge is 2.31. The van der Waals surface area contributed by atoms with Crippen LogP contribution >= 0.6 is 0 Å². The minimum absolute atomic E-state index is 0.108. The molecule has 0 spiro atoms. The average molecular weight is 392 g/mol. The number of oxazole rings is 1. The van der Waals surface area contributed by atoms with Crippen LogP contribution in [0.2, 0.25) is 0 Å². The van der Waals surface area contributed by atoms with Gasteiger partial charge in [-0.3, -0.25) is 9.78 Å². The van der Waals surface area contributed by atoms with Gasteiger partial charge in [-0.25, -0.2) is 4.98 Å². The summed E-state index contributed by atoms with van der Waals surface area (Å²) < 4.78 is 11.7. The smallest absolute Gasteiger partial charge is 0.292 e. The Morgan fingerprint density at radius 2 is 2.10 bits per heavy atom. The zero-order chi connectivity index (χ0) is 20.2. The van der Waals surface area contributed by atoms with E-state index in [0.29, 0.717) is 37.0 Å². The predicted octanol–water partition coefficient (Wildman–Crippen LogP) is 2.85. The van der Waals surface area contributed by atoms with Gasteiger partial charge in [-0.1, -0.05) is 17.7 Å². The van der Waals surface area contributed by atoms with Gasteiger partial charge in [0, 0.05) is 31.4 Å². The monoisotopic (exact) mass is 392 g/mol. The third kappa shape index (κ3) is 4.30. The molecule has 1 atom stereocenters. The lowest BCUT2D eigenvalue weighted by Crippen LogP contribution is -2.56. The van der Waals surface area contributed by atoms with E-state index in [1.165, 1.54) is 0 Å². The number of aryl methyl sites for hydroxylation is 2. The van der Waals surface area contributed by atoms with Gasteiger partial charge in [-0.15, -0.1) is 0 Å². The maximum atomic E-state index is 13.2. The third-order valence-electron chi connectivity index (χ3n) is 4.98. The molecule has 1 N–H and O–H groups in total. The van der Waals surface area contributed by atoms with Crippen molar-refractivity contribution in [2.24, 2.45) is 0 Å². The van der Waals surface area contributed by atoms with E-state index in [1.807, 2.05) is 43.3 Å². The number of hydrogen-bond donors (Lipinski definition) is 1. The Kier molecular flexibility index (Phi) is 5.57. The normalized spacial score (nSPS) is 16.6. The van der Waals surface area contributed by atoms with Crippen molar-refractivity contribution in [3.05, 3.63) is 65.8 Å². The third-order valence-corrected chi connectivity index (χ3v) is 4.98. The van der Waals surface area contributed by atoms with Crippen LogP contribution in [-0.4, -0.2) is 53.1 Å². The number of ether oxygens (including phenoxy) is 1. The maximum Gasteiger partial charge on any atom is 0.292 e. The maximum absolute atomic E-state index is 13.2. The van der Waals surface area contributed by atoms with Gasteiger partial charge in [0.25, 0.3) is 5.91 Å². The summed E-state index contributed by atoms with van der Waals surface area (Å²) in [6, 6.07) is 11.5. The first-order valence-corrected chi connectivity index (χ1v) is 9.71. The van der Waals surface area contributed by atoms with Crippen LogP contribution in [0.3, 0.4) is 0 Å². The van der Waals surface area contributed by atoms with Crippen molar-refractivity contribution in [2.75, 3.05) is 26.2 Å². The van der Waals surface area contributed by atoms with E-state index >= 15 is 0 Å². The van der Waals surface area contributed by atoms with Crippen molar-refractivity contribution in [2.45, 2.75) is 19.9 Å². The van der Waals surface area contributed by atoms with Crippen molar-refractivity contribution in [3.8, 4) is 17.2 Å². The molecule has 0 aliphatic carbocycles. The Morgan fingerprint density at radius 3 is 2.86 bits per heavy atom. The number of nitrogens with one attached hydrogen (secondary N) is 1. The van der Waals surface area contributed by atoms with E-state index in [1.54, 1.807) is 24.2 Å². The second-order valence-corrected chi connectivity index (χ2v) is 7.16. The van der Waals surface area contributed by atoms with Crippen LogP contribution in [0.25, 0.3) is 11.5 Å². The summed E-state index contributed by atoms with van der Waals surface area (Å²) in [4.78, 5) is 23.6. The van der Waals surface area contributed by atoms with Crippen LogP contribution in [0.4, 0.5) is 0 Å². The van der Waals surface area contributed by atoms with Crippen molar-refractivity contribution >= 4 is 5.91 Å². The van der Waals surface area contributed by atoms with Gasteiger partial charge in [-0.05, 0) is 38.1 Å². The zero-order valence-corrected chi connectivity index (χ0v) is 16.6. The molecule has 150 valence electrons. The molecule has 0 radical (unpaired) electrons. The number of rotatable bonds is 5. The van der Waals surface area contributed by atoms with Gasteiger partial charge in [0.1, 0.15) is 12.4 Å². The standard InChI is InChI=1S/C22H24N4O3/c1-15-5-7-17(8-6-15)21-25-16(2)20(29-21)22(27)26-11-10-24-12-18(26)14-28-19-4-3-9-23-13-19/h3-9,13,18,24H,10-12,14H2,1-2H3. The molecule has 1 unspecified atom stereocenters. The SMILES string of the molecule is Cc1ccc(-c2nc(C)c(C(=O)N3CCNCC3COc3cccnc3)o2)cc1. The number of carbonyl (C=O) groups is 1. The van der Waals surface area contributed by atoms with Crippen LogP contribution in [0, 0.1) is 13.8 Å². The lowest BCUT2D eigenvalue weighted by molar-refractivity contribution is 0.0528. The van der Waals surface area contributed by atoms with Gasteiger partial charge in [0.05, 0.1) is 17.9 Å². The van der Waals surface area contributed by atoms with Crippen molar-refractivity contribution in [1.29, 1.82) is 0 Å². The molecule has 2 aromatic heterocycles. The lowest BCUT2D eigenvalue weighted by atomic mass is 10.1. The molecule has 1 amide bonds. The van der Waals surface area contributed by atoms with Crippen LogP contribution in [-0.2, 0) is 0 Å². The fourth-order valence-electron chi connectivity index (χ4n) is 3.35. The predicted molar refractivity (Wildman–Crippen MR) is 109 cm³/mol. The summed E-state index contributed by atoms with van der Waals surface area (Å²) in [7, 11) is 0. The Bertz CT molecular complexity index is 969. The van der Waals surface area contributed by atoms with Gasteiger partial charge in [-0.2, -0.15) is 0 Å². The molecule has 1 aliphatic rings. The number of pyridine rings is 1. The number of piperazine rings is 1. The summed E-state index contributed by atoms with van der Waals surface area (Å²) in [6.07, 6.45) is 3.36. The molecule has 3 heterocycles. The topological polar surface area (TPSA) is 80.5 Å². The van der Waals surface area contributed by atoms with Gasteiger partial charge in [0.2, 0.25) is 11.7 Å². The van der Waals surface area contributed by atoms with E-state index < -0.39 is 0 Å². The fourth-order valence-corrected chi connectivity index (χ4v) is 3.35. The number of carbonyl (C=O) groups excluding carboxylic acids is 1. The number of amides is 1. The summed E-state index contributed by atoms with van der Waals surface area (Å²) in [5, 5.41) is 3.32. The number of aromatic nitrogens is 2. The Hall–Kier alpha value is -3.19. The first-order valence-electron chi connectivity index (χ1n) is 9.71. The molecular formula is C22H24N4O3. The molecule has 1 saturated heterocycles. The van der Waals surface area contributed by atoms with Gasteiger partial charge < -0.3 is 19.4 Å². The molecule has 1 aliphatic heterocycles. The highest BCUT2D eigenvalue weighted by atomic mass is 16.5. The van der Waals surface area contributed by atoms with Crippen molar-refractivity contribution in [3.63, 3.8) is 0 Å². The molecular weight excluding hydrogens is 368 g/mol.